The monoisotopic (exact) mass is 475 g/mol. The van der Waals surface area contributed by atoms with E-state index in [1.165, 1.54) is 6.33 Å². The van der Waals surface area contributed by atoms with Gasteiger partial charge in [0.1, 0.15) is 11.3 Å². The van der Waals surface area contributed by atoms with Crippen LogP contribution in [0.1, 0.15) is 49.6 Å². The Labute approximate surface area is 193 Å². The summed E-state index contributed by atoms with van der Waals surface area (Å²) in [5.74, 6) is -1.06. The smallest absolute Gasteiger partial charge is 0.433 e. The highest BCUT2D eigenvalue weighted by Gasteiger charge is 2.45. The van der Waals surface area contributed by atoms with Crippen LogP contribution in [0.3, 0.4) is 0 Å². The van der Waals surface area contributed by atoms with Crippen LogP contribution >= 0.6 is 0 Å². The SMILES string of the molecule is Cc1cc(Nc2nccc(C(F)(F)F)n2)cc(-n2cnc([C@]3(O)CC[C@](C)(C(=O)O)CC3)c2)c1. The molecule has 0 amide bonds. The summed E-state index contributed by atoms with van der Waals surface area (Å²) in [6.07, 6.45) is 0.909. The van der Waals surface area contributed by atoms with E-state index in [9.17, 15) is 28.2 Å². The zero-order valence-electron chi connectivity index (χ0n) is 18.6. The molecule has 0 aliphatic heterocycles. The minimum absolute atomic E-state index is 0.185. The van der Waals surface area contributed by atoms with Crippen LogP contribution in [0.2, 0.25) is 0 Å². The molecule has 1 aliphatic carbocycles. The number of aromatic nitrogens is 4. The van der Waals surface area contributed by atoms with Crippen molar-refractivity contribution in [3.8, 4) is 5.69 Å². The van der Waals surface area contributed by atoms with E-state index in [2.05, 4.69) is 20.3 Å². The number of carbonyl (C=O) groups is 1. The van der Waals surface area contributed by atoms with Crippen molar-refractivity contribution < 1.29 is 28.2 Å². The first-order valence-electron chi connectivity index (χ1n) is 10.7. The van der Waals surface area contributed by atoms with Crippen molar-refractivity contribution in [2.24, 2.45) is 5.41 Å². The molecule has 11 heteroatoms. The molecule has 1 aromatic carbocycles. The van der Waals surface area contributed by atoms with Crippen molar-refractivity contribution in [2.75, 3.05) is 5.32 Å². The first kappa shape index (κ1) is 23.7. The van der Waals surface area contributed by atoms with Crippen molar-refractivity contribution in [3.05, 3.63) is 59.9 Å². The number of nitrogens with zero attached hydrogens (tertiary/aromatic N) is 4. The van der Waals surface area contributed by atoms with Crippen LogP contribution in [0.15, 0.2) is 43.0 Å². The van der Waals surface area contributed by atoms with Crippen LogP contribution in [0.4, 0.5) is 24.8 Å². The second-order valence-electron chi connectivity index (χ2n) is 9.01. The molecule has 2 aromatic heterocycles. The number of benzene rings is 1. The zero-order valence-corrected chi connectivity index (χ0v) is 18.6. The van der Waals surface area contributed by atoms with Crippen LogP contribution in [0.5, 0.6) is 0 Å². The summed E-state index contributed by atoms with van der Waals surface area (Å²) in [5, 5.41) is 23.4. The van der Waals surface area contributed by atoms with Gasteiger partial charge in [-0.25, -0.2) is 15.0 Å². The number of carboxylic acids is 1. The third kappa shape index (κ3) is 4.74. The number of halogens is 3. The largest absolute Gasteiger partial charge is 0.481 e. The van der Waals surface area contributed by atoms with E-state index in [0.717, 1.165) is 17.8 Å². The Balaban J connectivity index is 1.56. The Morgan fingerprint density at radius 1 is 1.15 bits per heavy atom. The van der Waals surface area contributed by atoms with Crippen molar-refractivity contribution in [3.63, 3.8) is 0 Å². The average molecular weight is 475 g/mol. The molecule has 3 aromatic rings. The number of alkyl halides is 3. The van der Waals surface area contributed by atoms with Crippen molar-refractivity contribution in [1.82, 2.24) is 19.5 Å². The summed E-state index contributed by atoms with van der Waals surface area (Å²) < 4.78 is 40.5. The highest BCUT2D eigenvalue weighted by atomic mass is 19.4. The van der Waals surface area contributed by atoms with Gasteiger partial charge in [0.25, 0.3) is 0 Å². The number of aliphatic hydroxyl groups is 1. The minimum atomic E-state index is -4.58. The number of rotatable bonds is 5. The van der Waals surface area contributed by atoms with Crippen LogP contribution in [-0.2, 0) is 16.6 Å². The van der Waals surface area contributed by atoms with Gasteiger partial charge in [0.15, 0.2) is 0 Å². The lowest BCUT2D eigenvalue weighted by Gasteiger charge is -2.38. The molecule has 0 atom stereocenters. The molecule has 3 N–H and O–H groups in total. The number of imidazole rings is 1. The number of nitrogens with one attached hydrogen (secondary N) is 1. The van der Waals surface area contributed by atoms with E-state index in [4.69, 9.17) is 0 Å². The summed E-state index contributed by atoms with van der Waals surface area (Å²) in [6.45, 7) is 3.52. The average Bonchev–Trinajstić information content (AvgIpc) is 3.26. The van der Waals surface area contributed by atoms with Crippen molar-refractivity contribution in [2.45, 2.75) is 51.3 Å². The molecule has 0 radical (unpaired) electrons. The highest BCUT2D eigenvalue weighted by molar-refractivity contribution is 5.74. The lowest BCUT2D eigenvalue weighted by atomic mass is 9.69. The highest BCUT2D eigenvalue weighted by Crippen LogP contribution is 2.45. The van der Waals surface area contributed by atoms with Crippen molar-refractivity contribution in [1.29, 1.82) is 0 Å². The van der Waals surface area contributed by atoms with Gasteiger partial charge in [-0.05, 0) is 69.4 Å². The topological polar surface area (TPSA) is 113 Å². The maximum Gasteiger partial charge on any atom is 0.433 e. The van der Waals surface area contributed by atoms with Crippen LogP contribution in [0, 0.1) is 12.3 Å². The van der Waals surface area contributed by atoms with Gasteiger partial charge in [-0.1, -0.05) is 0 Å². The second kappa shape index (κ2) is 8.39. The maximum atomic E-state index is 12.9. The Kier molecular flexibility index (Phi) is 5.84. The van der Waals surface area contributed by atoms with Gasteiger partial charge in [0, 0.05) is 23.8 Å². The third-order valence-electron chi connectivity index (χ3n) is 6.32. The predicted molar refractivity (Wildman–Crippen MR) is 117 cm³/mol. The van der Waals surface area contributed by atoms with Crippen LogP contribution in [-0.4, -0.2) is 35.7 Å². The number of hydrogen-bond acceptors (Lipinski definition) is 6. The van der Waals surface area contributed by atoms with E-state index in [1.807, 2.05) is 13.0 Å². The fourth-order valence-corrected chi connectivity index (χ4v) is 4.08. The zero-order chi connectivity index (χ0) is 24.7. The summed E-state index contributed by atoms with van der Waals surface area (Å²) in [5.41, 5.74) is -0.708. The molecule has 0 saturated heterocycles. The Hall–Kier alpha value is -3.47. The summed E-state index contributed by atoms with van der Waals surface area (Å²) in [4.78, 5) is 23.3. The van der Waals surface area contributed by atoms with Gasteiger partial charge in [-0.15, -0.1) is 0 Å². The first-order valence-corrected chi connectivity index (χ1v) is 10.7. The molecular formula is C23H24F3N5O3. The number of aryl methyl sites for hydroxylation is 1. The van der Waals surface area contributed by atoms with E-state index in [0.29, 0.717) is 29.9 Å². The van der Waals surface area contributed by atoms with Crippen molar-refractivity contribution >= 4 is 17.6 Å². The normalized spacial score (nSPS) is 23.0. The molecule has 1 fully saturated rings. The summed E-state index contributed by atoms with van der Waals surface area (Å²) in [7, 11) is 0. The molecule has 8 nitrogen and oxygen atoms in total. The first-order chi connectivity index (χ1) is 15.9. The maximum absolute atomic E-state index is 12.9. The predicted octanol–water partition coefficient (Wildman–Crippen LogP) is 4.59. The fraction of sp³-hybridized carbons (Fsp3) is 0.391. The van der Waals surface area contributed by atoms with E-state index < -0.39 is 28.9 Å². The number of anilines is 2. The number of hydrogen-bond donors (Lipinski definition) is 3. The van der Waals surface area contributed by atoms with Gasteiger partial charge >= 0.3 is 12.1 Å². The Bertz CT molecular complexity index is 1220. The quantitative estimate of drug-likeness (QED) is 0.495. The lowest BCUT2D eigenvalue weighted by molar-refractivity contribution is -0.153. The second-order valence-corrected chi connectivity index (χ2v) is 9.01. The molecule has 4 rings (SSSR count). The van der Waals surface area contributed by atoms with E-state index >= 15 is 0 Å². The van der Waals surface area contributed by atoms with Gasteiger partial charge in [-0.2, -0.15) is 13.2 Å². The molecule has 34 heavy (non-hydrogen) atoms. The summed E-state index contributed by atoms with van der Waals surface area (Å²) >= 11 is 0. The van der Waals surface area contributed by atoms with E-state index in [1.54, 1.807) is 29.8 Å². The molecule has 0 unspecified atom stereocenters. The molecule has 0 spiro atoms. The summed E-state index contributed by atoms with van der Waals surface area (Å²) in [6, 6.07) is 6.10. The number of aliphatic carboxylic acids is 1. The van der Waals surface area contributed by atoms with E-state index in [-0.39, 0.29) is 18.8 Å². The number of carboxylic acid groups (broad SMARTS) is 1. The van der Waals surface area contributed by atoms with Crippen LogP contribution in [0.25, 0.3) is 5.69 Å². The molecule has 1 saturated carbocycles. The van der Waals surface area contributed by atoms with Crippen LogP contribution < -0.4 is 5.32 Å². The lowest BCUT2D eigenvalue weighted by Crippen LogP contribution is -2.40. The van der Waals surface area contributed by atoms with Gasteiger partial charge in [0.2, 0.25) is 5.95 Å². The molecule has 0 bridgehead atoms. The minimum Gasteiger partial charge on any atom is -0.481 e. The molecule has 1 aliphatic rings. The Morgan fingerprint density at radius 3 is 2.50 bits per heavy atom. The molecular weight excluding hydrogens is 451 g/mol. The molecule has 180 valence electrons. The fourth-order valence-electron chi connectivity index (χ4n) is 4.08. The van der Waals surface area contributed by atoms with Gasteiger partial charge in [-0.3, -0.25) is 4.79 Å². The standard InChI is InChI=1S/C23H24F3N5O3/c1-14-9-15(29-20-27-8-3-17(30-20)23(24,25)26)11-16(10-14)31-12-18(28-13-31)22(34)6-4-21(2,5-7-22)19(32)33/h3,8-13,34H,4-7H2,1-2H3,(H,32,33)(H,27,29,30)/t21-,22-. The Morgan fingerprint density at radius 2 is 1.85 bits per heavy atom. The molecule has 2 heterocycles. The van der Waals surface area contributed by atoms with Gasteiger partial charge < -0.3 is 20.1 Å². The third-order valence-corrected chi connectivity index (χ3v) is 6.32. The van der Waals surface area contributed by atoms with Gasteiger partial charge in [0.05, 0.1) is 17.4 Å².